The summed E-state index contributed by atoms with van der Waals surface area (Å²) in [6.07, 6.45) is 9.04. The lowest BCUT2D eigenvalue weighted by molar-refractivity contribution is 0.612. The Labute approximate surface area is 66.4 Å². The Morgan fingerprint density at radius 1 is 1.36 bits per heavy atom. The summed E-state index contributed by atoms with van der Waals surface area (Å²) in [6, 6.07) is 2.58. The lowest BCUT2D eigenvalue weighted by Crippen LogP contribution is -2.25. The molecule has 11 heavy (non-hydrogen) atoms. The van der Waals surface area contributed by atoms with Gasteiger partial charge in [-0.25, -0.2) is 0 Å². The summed E-state index contributed by atoms with van der Waals surface area (Å²) in [6.45, 7) is 0. The molecule has 0 spiro atoms. The van der Waals surface area contributed by atoms with Gasteiger partial charge in [-0.2, -0.15) is 9.89 Å². The third-order valence-corrected chi connectivity index (χ3v) is 2.17. The minimum absolute atomic E-state index is 0.648. The van der Waals surface area contributed by atoms with Crippen LogP contribution in [0.5, 0.6) is 0 Å². The molecule has 0 saturated heterocycles. The molecule has 1 saturated carbocycles. The Kier molecular flexibility index (Phi) is 1.79. The highest BCUT2D eigenvalue weighted by Crippen LogP contribution is 2.18. The summed E-state index contributed by atoms with van der Waals surface area (Å²) in [5.74, 6) is 0. The highest BCUT2D eigenvalue weighted by atomic mass is 15.6. The second kappa shape index (κ2) is 2.95. The molecule has 0 amide bonds. The molecule has 0 aliphatic heterocycles. The van der Waals surface area contributed by atoms with E-state index in [0.29, 0.717) is 6.04 Å². The topological polar surface area (TPSA) is 29.9 Å². The molecular formula is C8H13N3. The minimum atomic E-state index is 0.648. The molecule has 0 unspecified atom stereocenters. The van der Waals surface area contributed by atoms with Crippen LogP contribution in [0, 0.1) is 0 Å². The second-order valence-corrected chi connectivity index (χ2v) is 3.06. The second-order valence-electron chi connectivity index (χ2n) is 3.06. The average Bonchev–Trinajstić information content (AvgIpc) is 2.60. The predicted octanol–water partition coefficient (Wildman–Crippen LogP) is 1.37. The maximum absolute atomic E-state index is 4.09. The van der Waals surface area contributed by atoms with Crippen molar-refractivity contribution < 1.29 is 0 Å². The third-order valence-electron chi connectivity index (χ3n) is 2.17. The zero-order chi connectivity index (χ0) is 7.52. The van der Waals surface area contributed by atoms with Crippen LogP contribution in [0.1, 0.15) is 25.7 Å². The van der Waals surface area contributed by atoms with E-state index in [1.165, 1.54) is 25.7 Å². The first-order chi connectivity index (χ1) is 5.45. The molecule has 3 nitrogen and oxygen atoms in total. The van der Waals surface area contributed by atoms with Crippen molar-refractivity contribution in [2.24, 2.45) is 0 Å². The van der Waals surface area contributed by atoms with Crippen molar-refractivity contribution in [1.82, 2.24) is 9.89 Å². The maximum Gasteiger partial charge on any atom is 0.0510 e. The van der Waals surface area contributed by atoms with Gasteiger partial charge in [0.05, 0.1) is 6.20 Å². The van der Waals surface area contributed by atoms with Gasteiger partial charge >= 0.3 is 0 Å². The first kappa shape index (κ1) is 6.70. The summed E-state index contributed by atoms with van der Waals surface area (Å²) < 4.78 is 0. The molecule has 0 atom stereocenters. The minimum Gasteiger partial charge on any atom is -0.307 e. The Balaban J connectivity index is 1.90. The quantitative estimate of drug-likeness (QED) is 0.691. The smallest absolute Gasteiger partial charge is 0.0510 e. The summed E-state index contributed by atoms with van der Waals surface area (Å²) in [5.41, 5.74) is 3.33. The molecule has 1 aromatic rings. The molecule has 0 aromatic carbocycles. The van der Waals surface area contributed by atoms with Crippen LogP contribution in [-0.4, -0.2) is 15.9 Å². The Hall–Kier alpha value is -0.990. The van der Waals surface area contributed by atoms with Crippen LogP contribution in [0.25, 0.3) is 0 Å². The van der Waals surface area contributed by atoms with Crippen molar-refractivity contribution >= 4 is 0 Å². The Morgan fingerprint density at radius 3 is 2.82 bits per heavy atom. The van der Waals surface area contributed by atoms with Gasteiger partial charge < -0.3 is 5.43 Å². The zero-order valence-corrected chi connectivity index (χ0v) is 6.53. The van der Waals surface area contributed by atoms with E-state index >= 15 is 0 Å². The highest BCUT2D eigenvalue weighted by Gasteiger charge is 2.13. The van der Waals surface area contributed by atoms with E-state index in [0.717, 1.165) is 0 Å². The van der Waals surface area contributed by atoms with E-state index in [4.69, 9.17) is 0 Å². The molecule has 0 radical (unpaired) electrons. The molecule has 1 aliphatic carbocycles. The van der Waals surface area contributed by atoms with Gasteiger partial charge in [0.1, 0.15) is 0 Å². The monoisotopic (exact) mass is 151 g/mol. The van der Waals surface area contributed by atoms with Crippen LogP contribution in [-0.2, 0) is 0 Å². The molecule has 1 aliphatic rings. The van der Waals surface area contributed by atoms with Gasteiger partial charge in [0.15, 0.2) is 0 Å². The summed E-state index contributed by atoms with van der Waals surface area (Å²) >= 11 is 0. The molecule has 1 heterocycles. The number of nitrogens with zero attached hydrogens (tertiary/aromatic N) is 2. The van der Waals surface area contributed by atoms with Crippen molar-refractivity contribution in [3.63, 3.8) is 0 Å². The Bertz CT molecular complexity index is 199. The van der Waals surface area contributed by atoms with E-state index in [1.54, 1.807) is 11.0 Å². The number of nitrogens with one attached hydrogen (secondary N) is 1. The lowest BCUT2D eigenvalue weighted by Gasteiger charge is -2.12. The van der Waals surface area contributed by atoms with Crippen LogP contribution < -0.4 is 5.43 Å². The van der Waals surface area contributed by atoms with Crippen LogP contribution in [0.2, 0.25) is 0 Å². The standard InChI is InChI=1S/C8H13N3/c1-2-5-8(4-1)10-11-7-3-6-9-11/h3,6-8,10H,1-2,4-5H2. The molecule has 0 bridgehead atoms. The summed E-state index contributed by atoms with van der Waals surface area (Å²) in [5, 5.41) is 4.09. The van der Waals surface area contributed by atoms with Crippen molar-refractivity contribution in [3.05, 3.63) is 18.5 Å². The lowest BCUT2D eigenvalue weighted by atomic mass is 10.3. The molecule has 60 valence electrons. The third kappa shape index (κ3) is 1.53. The number of rotatable bonds is 2. The van der Waals surface area contributed by atoms with Crippen molar-refractivity contribution in [2.45, 2.75) is 31.7 Å². The maximum atomic E-state index is 4.09. The normalized spacial score (nSPS) is 18.9. The van der Waals surface area contributed by atoms with Gasteiger partial charge in [0, 0.05) is 12.2 Å². The number of aromatic nitrogens is 2. The van der Waals surface area contributed by atoms with E-state index in [9.17, 15) is 0 Å². The van der Waals surface area contributed by atoms with Gasteiger partial charge in [0.25, 0.3) is 0 Å². The van der Waals surface area contributed by atoms with Crippen molar-refractivity contribution in [3.8, 4) is 0 Å². The van der Waals surface area contributed by atoms with Crippen LogP contribution in [0.15, 0.2) is 18.5 Å². The van der Waals surface area contributed by atoms with E-state index < -0.39 is 0 Å². The van der Waals surface area contributed by atoms with Gasteiger partial charge in [0.2, 0.25) is 0 Å². The first-order valence-electron chi connectivity index (χ1n) is 4.21. The molecule has 2 rings (SSSR count). The summed E-state index contributed by atoms with van der Waals surface area (Å²) in [4.78, 5) is 1.80. The first-order valence-corrected chi connectivity index (χ1v) is 4.21. The number of hydrogen-bond donors (Lipinski definition) is 1. The highest BCUT2D eigenvalue weighted by molar-refractivity contribution is 4.88. The van der Waals surface area contributed by atoms with E-state index in [1.807, 2.05) is 12.3 Å². The number of hydrogen-bond acceptors (Lipinski definition) is 2. The van der Waals surface area contributed by atoms with Crippen molar-refractivity contribution in [2.75, 3.05) is 5.43 Å². The fraction of sp³-hybridized carbons (Fsp3) is 0.625. The molecule has 1 fully saturated rings. The van der Waals surface area contributed by atoms with Crippen LogP contribution in [0.4, 0.5) is 0 Å². The molecular weight excluding hydrogens is 138 g/mol. The zero-order valence-electron chi connectivity index (χ0n) is 6.53. The average molecular weight is 151 g/mol. The molecule has 1 aromatic heterocycles. The van der Waals surface area contributed by atoms with E-state index in [-0.39, 0.29) is 0 Å². The van der Waals surface area contributed by atoms with Gasteiger partial charge in [-0.3, -0.25) is 0 Å². The SMILES string of the molecule is c1cnn(NC2CCCC2)c1. The van der Waals surface area contributed by atoms with E-state index in [2.05, 4.69) is 10.5 Å². The fourth-order valence-electron chi connectivity index (χ4n) is 1.59. The van der Waals surface area contributed by atoms with Crippen molar-refractivity contribution in [1.29, 1.82) is 0 Å². The van der Waals surface area contributed by atoms with Gasteiger partial charge in [-0.15, -0.1) is 0 Å². The predicted molar refractivity (Wildman–Crippen MR) is 43.8 cm³/mol. The molecule has 3 heteroatoms. The summed E-state index contributed by atoms with van der Waals surface area (Å²) in [7, 11) is 0. The van der Waals surface area contributed by atoms with Crippen LogP contribution >= 0.6 is 0 Å². The van der Waals surface area contributed by atoms with Gasteiger partial charge in [-0.05, 0) is 18.9 Å². The van der Waals surface area contributed by atoms with Gasteiger partial charge in [-0.1, -0.05) is 12.8 Å². The largest absolute Gasteiger partial charge is 0.307 e. The Morgan fingerprint density at radius 2 is 2.18 bits per heavy atom. The molecule has 1 N–H and O–H groups in total. The van der Waals surface area contributed by atoms with Crippen LogP contribution in [0.3, 0.4) is 0 Å². The fourth-order valence-corrected chi connectivity index (χ4v) is 1.59.